The van der Waals surface area contributed by atoms with Crippen molar-refractivity contribution in [2.24, 2.45) is 11.8 Å². The first kappa shape index (κ1) is 11.9. The predicted octanol–water partition coefficient (Wildman–Crippen LogP) is 1.49. The Balaban J connectivity index is 1.43. The molecule has 0 aromatic heterocycles. The van der Waals surface area contributed by atoms with Gasteiger partial charge in [-0.05, 0) is 37.3 Å². The van der Waals surface area contributed by atoms with Crippen molar-refractivity contribution in [2.75, 3.05) is 11.4 Å². The molecule has 0 spiro atoms. The van der Waals surface area contributed by atoms with Crippen LogP contribution in [0.2, 0.25) is 0 Å². The molecule has 104 valence electrons. The fourth-order valence-electron chi connectivity index (χ4n) is 3.06. The summed E-state index contributed by atoms with van der Waals surface area (Å²) in [6, 6.07) is 8.44. The van der Waals surface area contributed by atoms with E-state index in [4.69, 9.17) is 0 Å². The Hall–Kier alpha value is -1.84. The zero-order chi connectivity index (χ0) is 13.7. The maximum absolute atomic E-state index is 12.5. The standard InChI is InChI=1S/C16H18N2O2/c19-15(17-11-5-6-11)12-9-13(12)16(20)18-8-7-10-3-1-2-4-14(10)18/h1-4,11-13H,5-9H2,(H,17,19). The molecular formula is C16H18N2O2. The van der Waals surface area contributed by atoms with Gasteiger partial charge in [-0.25, -0.2) is 0 Å². The molecule has 20 heavy (non-hydrogen) atoms. The number of fused-ring (bicyclic) bond motifs is 1. The number of hydrogen-bond acceptors (Lipinski definition) is 2. The number of para-hydroxylation sites is 1. The van der Waals surface area contributed by atoms with Crippen LogP contribution in [0.1, 0.15) is 24.8 Å². The molecule has 2 amide bonds. The van der Waals surface area contributed by atoms with Gasteiger partial charge in [0.25, 0.3) is 0 Å². The van der Waals surface area contributed by atoms with E-state index in [1.54, 1.807) is 0 Å². The number of anilines is 1. The quantitative estimate of drug-likeness (QED) is 0.904. The van der Waals surface area contributed by atoms with E-state index in [1.165, 1.54) is 5.56 Å². The van der Waals surface area contributed by atoms with Gasteiger partial charge in [0.15, 0.2) is 0 Å². The van der Waals surface area contributed by atoms with Crippen molar-refractivity contribution in [3.63, 3.8) is 0 Å². The molecule has 2 saturated carbocycles. The topological polar surface area (TPSA) is 49.4 Å². The second-order valence-electron chi connectivity index (χ2n) is 6.10. The third-order valence-corrected chi connectivity index (χ3v) is 4.52. The molecular weight excluding hydrogens is 252 g/mol. The Morgan fingerprint density at radius 3 is 2.75 bits per heavy atom. The van der Waals surface area contributed by atoms with E-state index in [9.17, 15) is 9.59 Å². The first-order valence-corrected chi connectivity index (χ1v) is 7.43. The van der Waals surface area contributed by atoms with Gasteiger partial charge in [0.1, 0.15) is 0 Å². The van der Waals surface area contributed by atoms with E-state index >= 15 is 0 Å². The summed E-state index contributed by atoms with van der Waals surface area (Å²) in [6.07, 6.45) is 3.83. The van der Waals surface area contributed by atoms with Crippen molar-refractivity contribution in [3.8, 4) is 0 Å². The van der Waals surface area contributed by atoms with Gasteiger partial charge in [0, 0.05) is 18.3 Å². The van der Waals surface area contributed by atoms with E-state index in [-0.39, 0.29) is 23.7 Å². The number of carbonyl (C=O) groups excluding carboxylic acids is 2. The van der Waals surface area contributed by atoms with Crippen LogP contribution >= 0.6 is 0 Å². The molecule has 1 aromatic carbocycles. The first-order valence-electron chi connectivity index (χ1n) is 7.43. The molecule has 4 nitrogen and oxygen atoms in total. The predicted molar refractivity (Wildman–Crippen MR) is 75.3 cm³/mol. The van der Waals surface area contributed by atoms with Crippen molar-refractivity contribution in [1.82, 2.24) is 5.32 Å². The Bertz CT molecular complexity index is 580. The molecule has 3 aliphatic rings. The molecule has 1 N–H and O–H groups in total. The average molecular weight is 270 g/mol. The van der Waals surface area contributed by atoms with E-state index < -0.39 is 0 Å². The van der Waals surface area contributed by atoms with Crippen LogP contribution in [0.25, 0.3) is 0 Å². The summed E-state index contributed by atoms with van der Waals surface area (Å²) in [4.78, 5) is 26.3. The molecule has 0 saturated heterocycles. The summed E-state index contributed by atoms with van der Waals surface area (Å²) in [5.74, 6) is 0.0278. The lowest BCUT2D eigenvalue weighted by molar-refractivity contribution is -0.126. The van der Waals surface area contributed by atoms with Gasteiger partial charge in [-0.15, -0.1) is 0 Å². The minimum Gasteiger partial charge on any atom is -0.353 e. The van der Waals surface area contributed by atoms with Gasteiger partial charge in [0.2, 0.25) is 11.8 Å². The normalized spacial score (nSPS) is 27.1. The second kappa shape index (κ2) is 4.33. The molecule has 4 heteroatoms. The lowest BCUT2D eigenvalue weighted by Crippen LogP contribution is -2.33. The maximum Gasteiger partial charge on any atom is 0.230 e. The van der Waals surface area contributed by atoms with Crippen molar-refractivity contribution in [1.29, 1.82) is 0 Å². The second-order valence-corrected chi connectivity index (χ2v) is 6.10. The minimum atomic E-state index is -0.0973. The summed E-state index contributed by atoms with van der Waals surface area (Å²) in [6.45, 7) is 0.756. The lowest BCUT2D eigenvalue weighted by atomic mass is 10.2. The third kappa shape index (κ3) is 1.99. The van der Waals surface area contributed by atoms with Gasteiger partial charge < -0.3 is 10.2 Å². The highest BCUT2D eigenvalue weighted by atomic mass is 16.2. The Morgan fingerprint density at radius 2 is 1.95 bits per heavy atom. The van der Waals surface area contributed by atoms with Gasteiger partial charge in [-0.2, -0.15) is 0 Å². The highest BCUT2D eigenvalue weighted by Gasteiger charge is 2.51. The number of amides is 2. The van der Waals surface area contributed by atoms with Crippen molar-refractivity contribution >= 4 is 17.5 Å². The van der Waals surface area contributed by atoms with Crippen molar-refractivity contribution in [2.45, 2.75) is 31.7 Å². The fourth-order valence-corrected chi connectivity index (χ4v) is 3.06. The van der Waals surface area contributed by atoms with Crippen LogP contribution in [-0.2, 0) is 16.0 Å². The van der Waals surface area contributed by atoms with Gasteiger partial charge in [-0.3, -0.25) is 9.59 Å². The monoisotopic (exact) mass is 270 g/mol. The summed E-state index contributed by atoms with van der Waals surface area (Å²) >= 11 is 0. The Morgan fingerprint density at radius 1 is 1.15 bits per heavy atom. The zero-order valence-corrected chi connectivity index (χ0v) is 11.3. The molecule has 2 aliphatic carbocycles. The fraction of sp³-hybridized carbons (Fsp3) is 0.500. The average Bonchev–Trinajstić information content (AvgIpc) is 3.35. The van der Waals surface area contributed by atoms with Gasteiger partial charge in [-0.1, -0.05) is 18.2 Å². The van der Waals surface area contributed by atoms with E-state index in [1.807, 2.05) is 23.1 Å². The summed E-state index contributed by atoms with van der Waals surface area (Å²) in [5.41, 5.74) is 2.27. The molecule has 0 bridgehead atoms. The van der Waals surface area contributed by atoms with Crippen LogP contribution in [-0.4, -0.2) is 24.4 Å². The van der Waals surface area contributed by atoms with Crippen LogP contribution in [0, 0.1) is 11.8 Å². The summed E-state index contributed by atoms with van der Waals surface area (Å²) < 4.78 is 0. The molecule has 2 unspecified atom stereocenters. The number of nitrogens with one attached hydrogen (secondary N) is 1. The SMILES string of the molecule is O=C(NC1CC1)C1CC1C(=O)N1CCc2ccccc21. The maximum atomic E-state index is 12.5. The smallest absolute Gasteiger partial charge is 0.230 e. The van der Waals surface area contributed by atoms with Crippen LogP contribution in [0.4, 0.5) is 5.69 Å². The number of carbonyl (C=O) groups is 2. The van der Waals surface area contributed by atoms with Crippen LogP contribution in [0.5, 0.6) is 0 Å². The van der Waals surface area contributed by atoms with Crippen LogP contribution in [0.3, 0.4) is 0 Å². The molecule has 1 aliphatic heterocycles. The molecule has 2 atom stereocenters. The summed E-state index contributed by atoms with van der Waals surface area (Å²) in [7, 11) is 0. The van der Waals surface area contributed by atoms with E-state index in [0.29, 0.717) is 6.04 Å². The minimum absolute atomic E-state index is 0.0818. The Kier molecular flexibility index (Phi) is 2.59. The molecule has 1 heterocycles. The molecule has 0 radical (unpaired) electrons. The highest BCUT2D eigenvalue weighted by Crippen LogP contribution is 2.42. The summed E-state index contributed by atoms with van der Waals surface area (Å²) in [5, 5.41) is 3.00. The number of hydrogen-bond donors (Lipinski definition) is 1. The zero-order valence-electron chi connectivity index (χ0n) is 11.3. The molecule has 2 fully saturated rings. The lowest BCUT2D eigenvalue weighted by Gasteiger charge is -2.17. The highest BCUT2D eigenvalue weighted by molar-refractivity contribution is 6.02. The number of benzene rings is 1. The molecule has 1 aromatic rings. The largest absolute Gasteiger partial charge is 0.353 e. The van der Waals surface area contributed by atoms with Gasteiger partial charge >= 0.3 is 0 Å². The van der Waals surface area contributed by atoms with Crippen molar-refractivity contribution < 1.29 is 9.59 Å². The molecule has 4 rings (SSSR count). The van der Waals surface area contributed by atoms with E-state index in [2.05, 4.69) is 11.4 Å². The first-order chi connectivity index (χ1) is 9.74. The third-order valence-electron chi connectivity index (χ3n) is 4.52. The number of rotatable bonds is 3. The van der Waals surface area contributed by atoms with Crippen LogP contribution < -0.4 is 10.2 Å². The Labute approximate surface area is 118 Å². The van der Waals surface area contributed by atoms with E-state index in [0.717, 1.165) is 37.9 Å². The number of nitrogens with zero attached hydrogens (tertiary/aromatic N) is 1. The van der Waals surface area contributed by atoms with Gasteiger partial charge in [0.05, 0.1) is 11.8 Å². The van der Waals surface area contributed by atoms with Crippen molar-refractivity contribution in [3.05, 3.63) is 29.8 Å². The van der Waals surface area contributed by atoms with Crippen LogP contribution in [0.15, 0.2) is 24.3 Å².